The number of aryl methyl sites for hydroxylation is 2. The largest absolute Gasteiger partial charge is 0.488 e. The van der Waals surface area contributed by atoms with E-state index in [0.29, 0.717) is 31.1 Å². The van der Waals surface area contributed by atoms with E-state index in [9.17, 15) is 19.2 Å². The van der Waals surface area contributed by atoms with Crippen LogP contribution in [0.2, 0.25) is 0 Å². The number of aromatic nitrogens is 4. The number of ether oxygens (including phenoxy) is 3. The highest BCUT2D eigenvalue weighted by atomic mass is 16.5. The number of methoxy groups -OCH3 is 2. The third-order valence-corrected chi connectivity index (χ3v) is 12.5. The topological polar surface area (TPSA) is 184 Å². The van der Waals surface area contributed by atoms with Gasteiger partial charge in [0, 0.05) is 29.9 Å². The average molecular weight is 827 g/mol. The van der Waals surface area contributed by atoms with Crippen LogP contribution in [0, 0.1) is 5.92 Å². The number of likely N-dealkylation sites (tertiary alicyclic amines) is 2. The maximum atomic E-state index is 14.1. The van der Waals surface area contributed by atoms with Gasteiger partial charge < -0.3 is 44.6 Å². The quantitative estimate of drug-likeness (QED) is 0.122. The second-order valence-corrected chi connectivity index (χ2v) is 16.5. The SMILES string of the molecule is COC(=O)N[C@H](C(=O)N1CCC[C@H]1c1ncc(-c2ccc3c(c2)COc2cc4c(cc2-3)CCc2[nH]c([C@@H]3CCCN3C(=O)[C@H](NC(=O)OC)c3ccccc3)nc2-4)[nH]1)C(C)C. The molecule has 2 saturated heterocycles. The summed E-state index contributed by atoms with van der Waals surface area (Å²) in [6.07, 6.45) is 5.31. The maximum Gasteiger partial charge on any atom is 0.407 e. The molecule has 15 heteroatoms. The molecule has 4 amide bonds. The van der Waals surface area contributed by atoms with Crippen LogP contribution >= 0.6 is 0 Å². The van der Waals surface area contributed by atoms with Gasteiger partial charge in [0.05, 0.1) is 43.9 Å². The molecule has 0 bridgehead atoms. The lowest BCUT2D eigenvalue weighted by atomic mass is 9.86. The summed E-state index contributed by atoms with van der Waals surface area (Å²) in [5.41, 5.74) is 9.84. The zero-order valence-electron chi connectivity index (χ0n) is 34.7. The Balaban J connectivity index is 0.937. The first-order valence-electron chi connectivity index (χ1n) is 21.0. The number of carbonyl (C=O) groups is 4. The first-order chi connectivity index (χ1) is 29.6. The van der Waals surface area contributed by atoms with Crippen LogP contribution in [-0.2, 0) is 38.5 Å². The van der Waals surface area contributed by atoms with Gasteiger partial charge in [-0.1, -0.05) is 56.3 Å². The number of hydrogen-bond donors (Lipinski definition) is 4. The normalized spacial score (nSPS) is 18.6. The Morgan fingerprint density at radius 1 is 0.787 bits per heavy atom. The van der Waals surface area contributed by atoms with Gasteiger partial charge in [-0.05, 0) is 90.5 Å². The summed E-state index contributed by atoms with van der Waals surface area (Å²) in [6, 6.07) is 17.8. The van der Waals surface area contributed by atoms with E-state index in [4.69, 9.17) is 24.2 Å². The second kappa shape index (κ2) is 16.4. The Kier molecular flexibility index (Phi) is 10.7. The fourth-order valence-corrected chi connectivity index (χ4v) is 9.37. The molecule has 3 aliphatic heterocycles. The first-order valence-corrected chi connectivity index (χ1v) is 21.0. The molecule has 0 unspecified atom stereocenters. The van der Waals surface area contributed by atoms with Crippen molar-refractivity contribution in [1.82, 2.24) is 40.4 Å². The Labute approximate surface area is 353 Å². The molecule has 316 valence electrons. The van der Waals surface area contributed by atoms with Gasteiger partial charge in [0.15, 0.2) is 0 Å². The Morgan fingerprint density at radius 2 is 1.51 bits per heavy atom. The zero-order valence-corrected chi connectivity index (χ0v) is 34.7. The maximum absolute atomic E-state index is 14.1. The minimum atomic E-state index is -0.888. The van der Waals surface area contributed by atoms with Crippen LogP contribution in [0.15, 0.2) is 66.9 Å². The number of nitrogens with one attached hydrogen (secondary N) is 4. The minimum Gasteiger partial charge on any atom is -0.488 e. The van der Waals surface area contributed by atoms with Gasteiger partial charge >= 0.3 is 12.2 Å². The average Bonchev–Trinajstić information content (AvgIpc) is 4.13. The zero-order chi connectivity index (χ0) is 42.4. The molecule has 4 atom stereocenters. The van der Waals surface area contributed by atoms with Crippen LogP contribution in [0.4, 0.5) is 9.59 Å². The Morgan fingerprint density at radius 3 is 2.25 bits per heavy atom. The summed E-state index contributed by atoms with van der Waals surface area (Å²) < 4.78 is 16.1. The molecule has 0 radical (unpaired) electrons. The molecule has 2 fully saturated rings. The summed E-state index contributed by atoms with van der Waals surface area (Å²) in [5, 5.41) is 5.45. The summed E-state index contributed by atoms with van der Waals surface area (Å²) in [4.78, 5) is 72.8. The second-order valence-electron chi connectivity index (χ2n) is 16.5. The molecule has 61 heavy (non-hydrogen) atoms. The minimum absolute atomic E-state index is 0.116. The van der Waals surface area contributed by atoms with Gasteiger partial charge in [0.1, 0.15) is 36.1 Å². The number of alkyl carbamates (subject to hydrolysis) is 2. The van der Waals surface area contributed by atoms with Crippen LogP contribution in [0.5, 0.6) is 5.75 Å². The number of rotatable bonds is 9. The van der Waals surface area contributed by atoms with Crippen LogP contribution in [0.1, 0.15) is 91.7 Å². The molecule has 15 nitrogen and oxygen atoms in total. The lowest BCUT2D eigenvalue weighted by Crippen LogP contribution is -2.51. The fourth-order valence-electron chi connectivity index (χ4n) is 9.37. The number of nitrogens with zero attached hydrogens (tertiary/aromatic N) is 4. The van der Waals surface area contributed by atoms with Crippen LogP contribution in [-0.4, -0.2) is 87.1 Å². The number of amides is 4. The van der Waals surface area contributed by atoms with E-state index in [2.05, 4.69) is 50.9 Å². The lowest BCUT2D eigenvalue weighted by molar-refractivity contribution is -0.135. The first kappa shape index (κ1) is 39.8. The predicted octanol–water partition coefficient (Wildman–Crippen LogP) is 6.93. The molecular formula is C46H50N8O7. The van der Waals surface area contributed by atoms with E-state index >= 15 is 0 Å². The van der Waals surface area contributed by atoms with Crippen LogP contribution in [0.3, 0.4) is 0 Å². The third kappa shape index (κ3) is 7.46. The van der Waals surface area contributed by atoms with Crippen LogP contribution in [0.25, 0.3) is 33.6 Å². The molecular weight excluding hydrogens is 777 g/mol. The van der Waals surface area contributed by atoms with E-state index < -0.39 is 24.3 Å². The standard InChI is InChI=1S/C46H50N8O7/c1-25(2)38(51-45(57)59-3)43(55)53-18-8-12-35(53)41-47-23-34(49-41)28-14-16-30-29(20-28)24-61-37-22-31-27(21-32(30)37)15-17-33-40(31)50-42(48-33)36-13-9-19-54(36)44(56)39(52-46(58)60-4)26-10-6-5-7-11-26/h5-7,10-11,14,16,20-23,25,35-36,38-39H,8-9,12-13,15,17-19,24H2,1-4H3,(H,47,49)(H,48,50)(H,51,57)(H,52,58)/t35-,36-,38-,39+/m0/s1. The third-order valence-electron chi connectivity index (χ3n) is 12.5. The van der Waals surface area contributed by atoms with Crippen molar-refractivity contribution in [3.63, 3.8) is 0 Å². The summed E-state index contributed by atoms with van der Waals surface area (Å²) >= 11 is 0. The highest BCUT2D eigenvalue weighted by Crippen LogP contribution is 2.46. The molecule has 4 aliphatic rings. The molecule has 9 rings (SSSR count). The van der Waals surface area contributed by atoms with E-state index in [1.54, 1.807) is 0 Å². The number of hydrogen-bond acceptors (Lipinski definition) is 9. The van der Waals surface area contributed by atoms with Gasteiger partial charge in [-0.3, -0.25) is 9.59 Å². The molecule has 1 aliphatic carbocycles. The highest BCUT2D eigenvalue weighted by Gasteiger charge is 2.39. The Bertz CT molecular complexity index is 2500. The number of benzene rings is 3. The molecule has 2 aromatic heterocycles. The van der Waals surface area contributed by atoms with E-state index in [-0.39, 0.29) is 29.8 Å². The number of carbonyl (C=O) groups excluding carboxylic acids is 4. The van der Waals surface area contributed by atoms with Crippen molar-refractivity contribution < 1.29 is 33.4 Å². The molecule has 5 heterocycles. The van der Waals surface area contributed by atoms with E-state index in [1.165, 1.54) is 19.8 Å². The van der Waals surface area contributed by atoms with Crippen molar-refractivity contribution in [2.45, 2.75) is 83.1 Å². The van der Waals surface area contributed by atoms with Gasteiger partial charge in [-0.25, -0.2) is 19.6 Å². The molecule has 5 aromatic rings. The van der Waals surface area contributed by atoms with Crippen LogP contribution < -0.4 is 15.4 Å². The molecule has 4 N–H and O–H groups in total. The number of aromatic amines is 2. The van der Waals surface area contributed by atoms with Crippen molar-refractivity contribution in [1.29, 1.82) is 0 Å². The van der Waals surface area contributed by atoms with Gasteiger partial charge in [-0.2, -0.15) is 0 Å². The van der Waals surface area contributed by atoms with Crippen molar-refractivity contribution in [2.75, 3.05) is 27.3 Å². The van der Waals surface area contributed by atoms with Crippen molar-refractivity contribution in [3.05, 3.63) is 101 Å². The number of H-pyrrole nitrogens is 2. The van der Waals surface area contributed by atoms with Gasteiger partial charge in [0.25, 0.3) is 5.91 Å². The van der Waals surface area contributed by atoms with E-state index in [0.717, 1.165) is 95.0 Å². The number of fused-ring (bicyclic) bond motifs is 6. The highest BCUT2D eigenvalue weighted by molar-refractivity contribution is 5.88. The smallest absolute Gasteiger partial charge is 0.407 e. The number of imidazole rings is 2. The fraction of sp³-hybridized carbons (Fsp3) is 0.391. The summed E-state index contributed by atoms with van der Waals surface area (Å²) in [6.45, 7) is 5.34. The van der Waals surface area contributed by atoms with Crippen molar-refractivity contribution in [3.8, 4) is 39.4 Å². The molecule has 0 saturated carbocycles. The van der Waals surface area contributed by atoms with E-state index in [1.807, 2.05) is 60.2 Å². The molecule has 3 aromatic carbocycles. The van der Waals surface area contributed by atoms with Gasteiger partial charge in [-0.15, -0.1) is 0 Å². The lowest BCUT2D eigenvalue weighted by Gasteiger charge is -2.30. The van der Waals surface area contributed by atoms with Gasteiger partial charge in [0.2, 0.25) is 5.91 Å². The van der Waals surface area contributed by atoms with Crippen molar-refractivity contribution in [2.24, 2.45) is 5.92 Å². The summed E-state index contributed by atoms with van der Waals surface area (Å²) in [7, 11) is 2.58. The monoisotopic (exact) mass is 826 g/mol. The molecule has 0 spiro atoms. The Hall–Kier alpha value is -6.64. The summed E-state index contributed by atoms with van der Waals surface area (Å²) in [5.74, 6) is 1.79. The van der Waals surface area contributed by atoms with Crippen molar-refractivity contribution >= 4 is 24.0 Å². The predicted molar refractivity (Wildman–Crippen MR) is 225 cm³/mol.